The Bertz CT molecular complexity index is 657. The standard InChI is InChI=1S/C15H16F2N2OS/c1-15(2,3)20-14-11(18)5-7-13(19-14)21-12-6-4-9(16)8-10(12)17/h4-8H,18H2,1-3H3. The van der Waals surface area contributed by atoms with E-state index in [1.807, 2.05) is 20.8 Å². The summed E-state index contributed by atoms with van der Waals surface area (Å²) in [7, 11) is 0. The van der Waals surface area contributed by atoms with E-state index in [1.54, 1.807) is 12.1 Å². The van der Waals surface area contributed by atoms with Crippen molar-refractivity contribution >= 4 is 17.4 Å². The molecule has 0 aliphatic carbocycles. The number of nitrogen functional groups attached to an aromatic ring is 1. The third kappa shape index (κ3) is 4.32. The van der Waals surface area contributed by atoms with Gasteiger partial charge in [-0.05, 0) is 45.0 Å². The van der Waals surface area contributed by atoms with Crippen molar-refractivity contribution in [1.29, 1.82) is 0 Å². The van der Waals surface area contributed by atoms with Gasteiger partial charge < -0.3 is 10.5 Å². The molecule has 1 aromatic carbocycles. The molecule has 0 aliphatic heterocycles. The summed E-state index contributed by atoms with van der Waals surface area (Å²) >= 11 is 1.08. The fourth-order valence-electron chi connectivity index (χ4n) is 1.53. The van der Waals surface area contributed by atoms with Crippen molar-refractivity contribution in [3.8, 4) is 5.88 Å². The van der Waals surface area contributed by atoms with Crippen molar-refractivity contribution in [3.05, 3.63) is 42.0 Å². The van der Waals surface area contributed by atoms with Crippen LogP contribution in [0.1, 0.15) is 20.8 Å². The second kappa shape index (κ2) is 5.89. The molecule has 2 N–H and O–H groups in total. The number of nitrogens with zero attached hydrogens (tertiary/aromatic N) is 1. The molecular weight excluding hydrogens is 294 g/mol. The van der Waals surface area contributed by atoms with Crippen LogP contribution in [0, 0.1) is 11.6 Å². The first kappa shape index (κ1) is 15.6. The van der Waals surface area contributed by atoms with E-state index < -0.39 is 17.2 Å². The lowest BCUT2D eigenvalue weighted by molar-refractivity contribution is 0.124. The topological polar surface area (TPSA) is 48.1 Å². The van der Waals surface area contributed by atoms with Gasteiger partial charge in [0, 0.05) is 11.0 Å². The summed E-state index contributed by atoms with van der Waals surface area (Å²) in [5.41, 5.74) is 5.79. The summed E-state index contributed by atoms with van der Waals surface area (Å²) in [5.74, 6) is -0.939. The van der Waals surface area contributed by atoms with Gasteiger partial charge in [0.15, 0.2) is 0 Å². The summed E-state index contributed by atoms with van der Waals surface area (Å²) in [6.07, 6.45) is 0. The number of pyridine rings is 1. The van der Waals surface area contributed by atoms with Crippen LogP contribution in [0.25, 0.3) is 0 Å². The Balaban J connectivity index is 2.26. The highest BCUT2D eigenvalue weighted by molar-refractivity contribution is 7.99. The van der Waals surface area contributed by atoms with Gasteiger partial charge in [0.25, 0.3) is 0 Å². The minimum absolute atomic E-state index is 0.287. The lowest BCUT2D eigenvalue weighted by atomic mass is 10.2. The number of aromatic nitrogens is 1. The van der Waals surface area contributed by atoms with Crippen LogP contribution < -0.4 is 10.5 Å². The molecule has 2 aromatic rings. The summed E-state index contributed by atoms with van der Waals surface area (Å²) in [6.45, 7) is 5.65. The number of hydrogen-bond acceptors (Lipinski definition) is 4. The fourth-order valence-corrected chi connectivity index (χ4v) is 2.32. The molecule has 0 radical (unpaired) electrons. The van der Waals surface area contributed by atoms with E-state index in [0.717, 1.165) is 17.8 Å². The second-order valence-corrected chi connectivity index (χ2v) is 6.50. The van der Waals surface area contributed by atoms with Crippen molar-refractivity contribution in [2.75, 3.05) is 5.73 Å². The monoisotopic (exact) mass is 310 g/mol. The highest BCUT2D eigenvalue weighted by atomic mass is 32.2. The molecule has 1 heterocycles. The average molecular weight is 310 g/mol. The van der Waals surface area contributed by atoms with Gasteiger partial charge in [-0.2, -0.15) is 0 Å². The highest BCUT2D eigenvalue weighted by Crippen LogP contribution is 2.32. The zero-order chi connectivity index (χ0) is 15.6. The number of nitrogens with two attached hydrogens (primary N) is 1. The molecule has 3 nitrogen and oxygen atoms in total. The lowest BCUT2D eigenvalue weighted by Gasteiger charge is -2.21. The minimum Gasteiger partial charge on any atom is -0.470 e. The van der Waals surface area contributed by atoms with E-state index in [9.17, 15) is 8.78 Å². The number of ether oxygens (including phenoxy) is 1. The molecule has 0 spiro atoms. The van der Waals surface area contributed by atoms with E-state index in [-0.39, 0.29) is 4.90 Å². The lowest BCUT2D eigenvalue weighted by Crippen LogP contribution is -2.24. The molecule has 0 aliphatic rings. The Morgan fingerprint density at radius 2 is 1.86 bits per heavy atom. The van der Waals surface area contributed by atoms with E-state index in [1.165, 1.54) is 12.1 Å². The number of halogens is 2. The van der Waals surface area contributed by atoms with Gasteiger partial charge in [0.1, 0.15) is 22.3 Å². The fraction of sp³-hybridized carbons (Fsp3) is 0.267. The van der Waals surface area contributed by atoms with Gasteiger partial charge in [-0.25, -0.2) is 13.8 Å². The van der Waals surface area contributed by atoms with Crippen LogP contribution in [0.5, 0.6) is 5.88 Å². The third-order valence-corrected chi connectivity index (χ3v) is 3.36. The molecule has 0 saturated carbocycles. The van der Waals surface area contributed by atoms with Crippen molar-refractivity contribution in [2.24, 2.45) is 0 Å². The number of anilines is 1. The number of benzene rings is 1. The van der Waals surface area contributed by atoms with Crippen molar-refractivity contribution in [2.45, 2.75) is 36.3 Å². The maximum atomic E-state index is 13.6. The van der Waals surface area contributed by atoms with Gasteiger partial charge in [-0.15, -0.1) is 0 Å². The molecule has 112 valence electrons. The molecule has 0 saturated heterocycles. The zero-order valence-corrected chi connectivity index (χ0v) is 12.8. The van der Waals surface area contributed by atoms with Gasteiger partial charge in [0.2, 0.25) is 5.88 Å². The van der Waals surface area contributed by atoms with Crippen molar-refractivity contribution in [3.63, 3.8) is 0 Å². The number of rotatable bonds is 3. The van der Waals surface area contributed by atoms with Crippen LogP contribution >= 0.6 is 11.8 Å². The molecule has 0 fully saturated rings. The Kier molecular flexibility index (Phi) is 4.37. The zero-order valence-electron chi connectivity index (χ0n) is 12.0. The molecule has 6 heteroatoms. The van der Waals surface area contributed by atoms with E-state index in [4.69, 9.17) is 10.5 Å². The van der Waals surface area contributed by atoms with Crippen molar-refractivity contribution < 1.29 is 13.5 Å². The van der Waals surface area contributed by atoms with Crippen LogP contribution in [0.4, 0.5) is 14.5 Å². The van der Waals surface area contributed by atoms with Crippen molar-refractivity contribution in [1.82, 2.24) is 4.98 Å². The van der Waals surface area contributed by atoms with Crippen LogP contribution in [-0.4, -0.2) is 10.6 Å². The Labute approximate surface area is 126 Å². The first-order valence-corrected chi connectivity index (χ1v) is 7.15. The van der Waals surface area contributed by atoms with E-state index >= 15 is 0 Å². The molecule has 21 heavy (non-hydrogen) atoms. The van der Waals surface area contributed by atoms with Crippen LogP contribution in [0.3, 0.4) is 0 Å². The Morgan fingerprint density at radius 3 is 2.48 bits per heavy atom. The Morgan fingerprint density at radius 1 is 1.14 bits per heavy atom. The maximum Gasteiger partial charge on any atom is 0.238 e. The third-order valence-electron chi connectivity index (χ3n) is 2.38. The second-order valence-electron chi connectivity index (χ2n) is 5.44. The summed E-state index contributed by atoms with van der Waals surface area (Å²) < 4.78 is 32.2. The largest absolute Gasteiger partial charge is 0.470 e. The first-order chi connectivity index (χ1) is 9.74. The quantitative estimate of drug-likeness (QED) is 0.919. The predicted molar refractivity (Wildman–Crippen MR) is 79.5 cm³/mol. The van der Waals surface area contributed by atoms with E-state index in [0.29, 0.717) is 16.6 Å². The van der Waals surface area contributed by atoms with E-state index in [2.05, 4.69) is 4.98 Å². The highest BCUT2D eigenvalue weighted by Gasteiger charge is 2.16. The Hall–Kier alpha value is -1.82. The summed E-state index contributed by atoms with van der Waals surface area (Å²) in [4.78, 5) is 4.56. The molecular formula is C15H16F2N2OS. The summed E-state index contributed by atoms with van der Waals surface area (Å²) in [5, 5.41) is 0.522. The smallest absolute Gasteiger partial charge is 0.238 e. The van der Waals surface area contributed by atoms with Gasteiger partial charge in [0.05, 0.1) is 5.69 Å². The predicted octanol–water partition coefficient (Wildman–Crippen LogP) is 4.27. The molecule has 1 aromatic heterocycles. The van der Waals surface area contributed by atoms with Gasteiger partial charge in [-0.1, -0.05) is 11.8 Å². The first-order valence-electron chi connectivity index (χ1n) is 6.33. The molecule has 0 amide bonds. The average Bonchev–Trinajstić information content (AvgIpc) is 2.35. The van der Waals surface area contributed by atoms with Gasteiger partial charge >= 0.3 is 0 Å². The normalized spacial score (nSPS) is 11.5. The summed E-state index contributed by atoms with van der Waals surface area (Å²) in [6, 6.07) is 6.73. The van der Waals surface area contributed by atoms with Crippen LogP contribution in [0.2, 0.25) is 0 Å². The molecule has 0 bridgehead atoms. The minimum atomic E-state index is -0.628. The molecule has 0 atom stereocenters. The molecule has 2 rings (SSSR count). The van der Waals surface area contributed by atoms with Gasteiger partial charge in [-0.3, -0.25) is 0 Å². The maximum absolute atomic E-state index is 13.6. The van der Waals surface area contributed by atoms with Crippen LogP contribution in [0.15, 0.2) is 40.3 Å². The molecule has 0 unspecified atom stereocenters. The SMILES string of the molecule is CC(C)(C)Oc1nc(Sc2ccc(F)cc2F)ccc1N. The number of hydrogen-bond donors (Lipinski definition) is 1. The van der Waals surface area contributed by atoms with Crippen LogP contribution in [-0.2, 0) is 0 Å².